The molecule has 0 aliphatic carbocycles. The Hall–Kier alpha value is -2.11. The molecule has 0 unspecified atom stereocenters. The Labute approximate surface area is 151 Å². The van der Waals surface area contributed by atoms with Crippen molar-refractivity contribution < 1.29 is 13.9 Å². The average molecular weight is 363 g/mol. The highest BCUT2D eigenvalue weighted by molar-refractivity contribution is 6.31. The van der Waals surface area contributed by atoms with E-state index in [0.29, 0.717) is 36.1 Å². The van der Waals surface area contributed by atoms with Crippen molar-refractivity contribution in [3.05, 3.63) is 58.9 Å². The number of halogens is 2. The molecule has 1 fully saturated rings. The van der Waals surface area contributed by atoms with Crippen molar-refractivity contribution in [3.63, 3.8) is 0 Å². The van der Waals surface area contributed by atoms with Crippen molar-refractivity contribution in [3.8, 4) is 5.75 Å². The van der Waals surface area contributed by atoms with Crippen molar-refractivity contribution >= 4 is 23.2 Å². The molecule has 1 saturated heterocycles. The monoisotopic (exact) mass is 362 g/mol. The van der Waals surface area contributed by atoms with E-state index in [9.17, 15) is 9.18 Å². The van der Waals surface area contributed by atoms with E-state index in [1.807, 2.05) is 6.92 Å². The smallest absolute Gasteiger partial charge is 0.244 e. The Morgan fingerprint density at radius 2 is 1.92 bits per heavy atom. The predicted molar refractivity (Wildman–Crippen MR) is 96.6 cm³/mol. The van der Waals surface area contributed by atoms with Gasteiger partial charge in [-0.1, -0.05) is 23.7 Å². The number of ether oxygens (including phenoxy) is 1. The topological polar surface area (TPSA) is 32.8 Å². The van der Waals surface area contributed by atoms with Gasteiger partial charge in [-0.3, -0.25) is 9.69 Å². The molecular formula is C19H20ClFN2O2. The van der Waals surface area contributed by atoms with Crippen molar-refractivity contribution in [2.24, 2.45) is 0 Å². The number of carbonyl (C=O) groups is 1. The highest BCUT2D eigenvalue weighted by atomic mass is 35.5. The Bertz CT molecular complexity index is 767. The molecule has 1 amide bonds. The van der Waals surface area contributed by atoms with E-state index in [-0.39, 0.29) is 17.8 Å². The first-order chi connectivity index (χ1) is 12.0. The molecule has 1 aliphatic heterocycles. The van der Waals surface area contributed by atoms with Gasteiger partial charge in [-0.25, -0.2) is 4.39 Å². The summed E-state index contributed by atoms with van der Waals surface area (Å²) in [5.41, 5.74) is 1.67. The standard InChI is InChI=1S/C19H20ClFN2O2/c1-13-19(24)23(17-11-15(20)5-8-18(17)25-2)10-9-22(13)12-14-3-6-16(21)7-4-14/h3-8,11,13H,9-10,12H2,1-2H3/t13-/m0/s1. The van der Waals surface area contributed by atoms with Gasteiger partial charge in [0.1, 0.15) is 11.6 Å². The van der Waals surface area contributed by atoms with Crippen LogP contribution in [0, 0.1) is 5.82 Å². The summed E-state index contributed by atoms with van der Waals surface area (Å²) in [4.78, 5) is 16.7. The molecule has 0 saturated carbocycles. The van der Waals surface area contributed by atoms with Crippen molar-refractivity contribution in [1.82, 2.24) is 4.90 Å². The predicted octanol–water partition coefficient (Wildman–Crippen LogP) is 3.73. The molecule has 1 aliphatic rings. The zero-order valence-corrected chi connectivity index (χ0v) is 15.0. The highest BCUT2D eigenvalue weighted by Gasteiger charge is 2.33. The molecule has 0 aromatic heterocycles. The van der Waals surface area contributed by atoms with E-state index >= 15 is 0 Å². The average Bonchev–Trinajstić information content (AvgIpc) is 2.61. The van der Waals surface area contributed by atoms with Gasteiger partial charge in [-0.2, -0.15) is 0 Å². The van der Waals surface area contributed by atoms with Gasteiger partial charge in [0.2, 0.25) is 5.91 Å². The minimum absolute atomic E-state index is 0.00562. The SMILES string of the molecule is COc1ccc(Cl)cc1N1CCN(Cc2ccc(F)cc2)[C@@H](C)C1=O. The number of carbonyl (C=O) groups excluding carboxylic acids is 1. The maximum absolute atomic E-state index is 13.0. The van der Waals surface area contributed by atoms with Gasteiger partial charge in [-0.15, -0.1) is 0 Å². The zero-order chi connectivity index (χ0) is 18.0. The molecule has 6 heteroatoms. The molecule has 0 radical (unpaired) electrons. The summed E-state index contributed by atoms with van der Waals surface area (Å²) < 4.78 is 18.4. The number of anilines is 1. The molecule has 3 rings (SSSR count). The van der Waals surface area contributed by atoms with Crippen molar-refractivity contribution in [2.75, 3.05) is 25.1 Å². The third-order valence-corrected chi connectivity index (χ3v) is 4.75. The molecule has 1 atom stereocenters. The molecule has 0 bridgehead atoms. The summed E-state index contributed by atoms with van der Waals surface area (Å²) in [6.45, 7) is 3.74. The van der Waals surface area contributed by atoms with Crippen LogP contribution < -0.4 is 9.64 Å². The lowest BCUT2D eigenvalue weighted by Gasteiger charge is -2.39. The third kappa shape index (κ3) is 3.78. The summed E-state index contributed by atoms with van der Waals surface area (Å²) in [7, 11) is 1.57. The number of rotatable bonds is 4. The minimum atomic E-state index is -0.289. The van der Waals surface area contributed by atoms with Gasteiger partial charge in [-0.05, 0) is 42.8 Å². The van der Waals surface area contributed by atoms with E-state index in [4.69, 9.17) is 16.3 Å². The van der Waals surface area contributed by atoms with Crippen LogP contribution in [-0.2, 0) is 11.3 Å². The summed E-state index contributed by atoms with van der Waals surface area (Å²) in [6, 6.07) is 11.3. The van der Waals surface area contributed by atoms with Gasteiger partial charge in [0, 0.05) is 24.7 Å². The number of piperazine rings is 1. The first-order valence-corrected chi connectivity index (χ1v) is 8.51. The lowest BCUT2D eigenvalue weighted by atomic mass is 10.1. The second kappa shape index (κ2) is 7.42. The molecule has 25 heavy (non-hydrogen) atoms. The van der Waals surface area contributed by atoms with Crippen LogP contribution >= 0.6 is 11.6 Å². The van der Waals surface area contributed by atoms with E-state index < -0.39 is 0 Å². The summed E-state index contributed by atoms with van der Waals surface area (Å²) in [6.07, 6.45) is 0. The molecule has 0 N–H and O–H groups in total. The first kappa shape index (κ1) is 17.7. The van der Waals surface area contributed by atoms with Gasteiger partial charge in [0.15, 0.2) is 0 Å². The Kier molecular flexibility index (Phi) is 5.25. The second-order valence-corrected chi connectivity index (χ2v) is 6.52. The normalized spacial score (nSPS) is 18.5. The molecule has 132 valence electrons. The van der Waals surface area contributed by atoms with Crippen LogP contribution in [0.5, 0.6) is 5.75 Å². The van der Waals surface area contributed by atoms with E-state index in [0.717, 1.165) is 5.56 Å². The fourth-order valence-electron chi connectivity index (χ4n) is 3.07. The van der Waals surface area contributed by atoms with Crippen LogP contribution in [0.2, 0.25) is 5.02 Å². The van der Waals surface area contributed by atoms with Crippen LogP contribution in [0.15, 0.2) is 42.5 Å². The Balaban J connectivity index is 1.77. The van der Waals surface area contributed by atoms with E-state index in [1.165, 1.54) is 12.1 Å². The van der Waals surface area contributed by atoms with Gasteiger partial charge in [0.05, 0.1) is 18.8 Å². The zero-order valence-electron chi connectivity index (χ0n) is 14.2. The fourth-order valence-corrected chi connectivity index (χ4v) is 3.23. The number of hydrogen-bond donors (Lipinski definition) is 0. The maximum atomic E-state index is 13.0. The number of methoxy groups -OCH3 is 1. The third-order valence-electron chi connectivity index (χ3n) is 4.51. The van der Waals surface area contributed by atoms with Crippen molar-refractivity contribution in [1.29, 1.82) is 0 Å². The lowest BCUT2D eigenvalue weighted by Crippen LogP contribution is -2.55. The molecule has 2 aromatic rings. The van der Waals surface area contributed by atoms with Crippen LogP contribution in [0.4, 0.5) is 10.1 Å². The Morgan fingerprint density at radius 3 is 2.60 bits per heavy atom. The minimum Gasteiger partial charge on any atom is -0.495 e. The molecular weight excluding hydrogens is 343 g/mol. The largest absolute Gasteiger partial charge is 0.495 e. The highest BCUT2D eigenvalue weighted by Crippen LogP contribution is 2.33. The first-order valence-electron chi connectivity index (χ1n) is 8.13. The number of amides is 1. The molecule has 4 nitrogen and oxygen atoms in total. The second-order valence-electron chi connectivity index (χ2n) is 6.08. The summed E-state index contributed by atoms with van der Waals surface area (Å²) in [5.74, 6) is 0.358. The fraction of sp³-hybridized carbons (Fsp3) is 0.316. The van der Waals surface area contributed by atoms with Crippen LogP contribution in [-0.4, -0.2) is 37.0 Å². The van der Waals surface area contributed by atoms with Crippen molar-refractivity contribution in [2.45, 2.75) is 19.5 Å². The molecule has 1 heterocycles. The number of benzene rings is 2. The van der Waals surface area contributed by atoms with E-state index in [2.05, 4.69) is 4.90 Å². The van der Waals surface area contributed by atoms with Gasteiger partial charge in [0.25, 0.3) is 0 Å². The summed E-state index contributed by atoms with van der Waals surface area (Å²) in [5, 5.41) is 0.560. The van der Waals surface area contributed by atoms with Crippen LogP contribution in [0.1, 0.15) is 12.5 Å². The Morgan fingerprint density at radius 1 is 1.20 bits per heavy atom. The molecule has 0 spiro atoms. The molecule has 2 aromatic carbocycles. The maximum Gasteiger partial charge on any atom is 0.244 e. The van der Waals surface area contributed by atoms with Gasteiger partial charge >= 0.3 is 0 Å². The quantitative estimate of drug-likeness (QED) is 0.831. The van der Waals surface area contributed by atoms with E-state index in [1.54, 1.807) is 42.3 Å². The number of hydrogen-bond acceptors (Lipinski definition) is 3. The van der Waals surface area contributed by atoms with Crippen LogP contribution in [0.3, 0.4) is 0 Å². The van der Waals surface area contributed by atoms with Crippen LogP contribution in [0.25, 0.3) is 0 Å². The number of nitrogens with zero attached hydrogens (tertiary/aromatic N) is 2. The summed E-state index contributed by atoms with van der Waals surface area (Å²) >= 11 is 6.09. The lowest BCUT2D eigenvalue weighted by molar-refractivity contribution is -0.125. The van der Waals surface area contributed by atoms with Gasteiger partial charge < -0.3 is 9.64 Å².